The fourth-order valence-electron chi connectivity index (χ4n) is 3.10. The van der Waals surface area contributed by atoms with E-state index in [1.54, 1.807) is 12.0 Å². The molecule has 0 aliphatic carbocycles. The van der Waals surface area contributed by atoms with Crippen LogP contribution in [0.1, 0.15) is 15.9 Å². The van der Waals surface area contributed by atoms with Crippen molar-refractivity contribution in [1.29, 1.82) is 0 Å². The molecule has 3 aromatic rings. The number of carbonyl (C=O) groups excluding carboxylic acids is 1. The molecule has 1 amide bonds. The average Bonchev–Trinajstić information content (AvgIpc) is 3.01. The van der Waals surface area contributed by atoms with Crippen molar-refractivity contribution in [3.05, 3.63) is 64.1 Å². The summed E-state index contributed by atoms with van der Waals surface area (Å²) in [6, 6.07) is 15.4. The monoisotopic (exact) mass is 382 g/mol. The number of aromatic nitrogens is 1. The first kappa shape index (κ1) is 15.1. The number of rotatable bonds is 2. The van der Waals surface area contributed by atoms with E-state index in [0.717, 1.165) is 38.9 Å². The van der Waals surface area contributed by atoms with Gasteiger partial charge in [-0.2, -0.15) is 0 Å². The smallest absolute Gasteiger partial charge is 0.259 e. The average molecular weight is 383 g/mol. The molecule has 0 atom stereocenters. The lowest BCUT2D eigenvalue weighted by molar-refractivity contribution is 0.0988. The number of benzene rings is 2. The Hall–Kier alpha value is -2.40. The third kappa shape index (κ3) is 2.45. The van der Waals surface area contributed by atoms with Crippen molar-refractivity contribution in [2.24, 2.45) is 0 Å². The number of methoxy groups -OCH3 is 1. The molecule has 5 heteroatoms. The molecule has 0 N–H and O–H groups in total. The van der Waals surface area contributed by atoms with Crippen molar-refractivity contribution < 1.29 is 9.53 Å². The van der Waals surface area contributed by atoms with E-state index in [-0.39, 0.29) is 5.91 Å². The van der Waals surface area contributed by atoms with E-state index in [9.17, 15) is 4.79 Å². The van der Waals surface area contributed by atoms with Gasteiger partial charge in [-0.3, -0.25) is 9.69 Å². The first-order valence-corrected chi connectivity index (χ1v) is 8.51. The largest absolute Gasteiger partial charge is 0.494 e. The zero-order chi connectivity index (χ0) is 16.7. The molecule has 24 heavy (non-hydrogen) atoms. The minimum absolute atomic E-state index is 0.0307. The van der Waals surface area contributed by atoms with Gasteiger partial charge in [0.2, 0.25) is 0 Å². The van der Waals surface area contributed by atoms with Crippen LogP contribution in [-0.2, 0) is 6.42 Å². The maximum absolute atomic E-state index is 12.9. The molecule has 1 aliphatic heterocycles. The van der Waals surface area contributed by atoms with Crippen LogP contribution in [0, 0.1) is 0 Å². The molecule has 0 radical (unpaired) electrons. The van der Waals surface area contributed by atoms with E-state index < -0.39 is 0 Å². The van der Waals surface area contributed by atoms with Crippen LogP contribution in [0.4, 0.5) is 5.82 Å². The number of carbonyl (C=O) groups is 1. The molecular weight excluding hydrogens is 368 g/mol. The van der Waals surface area contributed by atoms with Gasteiger partial charge in [0, 0.05) is 22.0 Å². The van der Waals surface area contributed by atoms with Gasteiger partial charge in [-0.1, -0.05) is 34.1 Å². The summed E-state index contributed by atoms with van der Waals surface area (Å²) in [5.74, 6) is 1.42. The van der Waals surface area contributed by atoms with Crippen LogP contribution in [-0.4, -0.2) is 24.5 Å². The fraction of sp³-hybridized carbons (Fsp3) is 0.158. The second kappa shape index (κ2) is 5.91. The van der Waals surface area contributed by atoms with E-state index in [4.69, 9.17) is 9.72 Å². The second-order valence-corrected chi connectivity index (χ2v) is 6.64. The zero-order valence-electron chi connectivity index (χ0n) is 13.1. The van der Waals surface area contributed by atoms with Crippen LogP contribution in [0.5, 0.6) is 5.75 Å². The van der Waals surface area contributed by atoms with Crippen molar-refractivity contribution in [3.8, 4) is 5.75 Å². The van der Waals surface area contributed by atoms with Gasteiger partial charge in [0.1, 0.15) is 17.1 Å². The first-order valence-electron chi connectivity index (χ1n) is 7.71. The Morgan fingerprint density at radius 3 is 2.83 bits per heavy atom. The van der Waals surface area contributed by atoms with Gasteiger partial charge in [0.25, 0.3) is 5.91 Å². The Labute approximate surface area is 148 Å². The van der Waals surface area contributed by atoms with Crippen molar-refractivity contribution in [2.45, 2.75) is 6.42 Å². The number of ether oxygens (including phenoxy) is 1. The van der Waals surface area contributed by atoms with Crippen molar-refractivity contribution >= 4 is 38.6 Å². The van der Waals surface area contributed by atoms with Crippen LogP contribution in [0.2, 0.25) is 0 Å². The quantitative estimate of drug-likeness (QED) is 0.666. The minimum Gasteiger partial charge on any atom is -0.494 e. The number of hydrogen-bond donors (Lipinski definition) is 0. The number of pyridine rings is 1. The van der Waals surface area contributed by atoms with Gasteiger partial charge >= 0.3 is 0 Å². The van der Waals surface area contributed by atoms with E-state index in [1.165, 1.54) is 0 Å². The number of anilines is 1. The maximum Gasteiger partial charge on any atom is 0.259 e. The molecule has 0 fully saturated rings. The standard InChI is InChI=1S/C19H15BrN2O2/c1-24-16-7-3-4-12-10-13-8-9-22(18(13)21-17(12)16)19(23)14-5-2-6-15(20)11-14/h2-7,10-11H,8-9H2,1H3. The van der Waals surface area contributed by atoms with Gasteiger partial charge < -0.3 is 4.74 Å². The third-order valence-electron chi connectivity index (χ3n) is 4.26. The molecule has 120 valence electrons. The lowest BCUT2D eigenvalue weighted by Crippen LogP contribution is -2.29. The Morgan fingerprint density at radius 2 is 2.04 bits per heavy atom. The van der Waals surface area contributed by atoms with Gasteiger partial charge in [0.15, 0.2) is 0 Å². The third-order valence-corrected chi connectivity index (χ3v) is 4.76. The highest BCUT2D eigenvalue weighted by atomic mass is 79.9. The molecule has 2 heterocycles. The maximum atomic E-state index is 12.9. The molecule has 0 saturated carbocycles. The molecule has 0 spiro atoms. The molecule has 1 aromatic heterocycles. The molecule has 2 aromatic carbocycles. The fourth-order valence-corrected chi connectivity index (χ4v) is 3.50. The SMILES string of the molecule is COc1cccc2cc3c(nc12)N(C(=O)c1cccc(Br)c1)CC3. The van der Waals surface area contributed by atoms with Crippen molar-refractivity contribution in [3.63, 3.8) is 0 Å². The number of para-hydroxylation sites is 1. The Bertz CT molecular complexity index is 955. The van der Waals surface area contributed by atoms with Crippen LogP contribution >= 0.6 is 15.9 Å². The predicted molar refractivity (Wildman–Crippen MR) is 97.8 cm³/mol. The molecule has 0 unspecified atom stereocenters. The summed E-state index contributed by atoms with van der Waals surface area (Å²) < 4.78 is 6.30. The Kier molecular flexibility index (Phi) is 3.73. The molecule has 0 bridgehead atoms. The molecule has 1 aliphatic rings. The highest BCUT2D eigenvalue weighted by Crippen LogP contribution is 2.33. The van der Waals surface area contributed by atoms with Gasteiger partial charge in [-0.05, 0) is 42.3 Å². The summed E-state index contributed by atoms with van der Waals surface area (Å²) in [5.41, 5.74) is 2.53. The van der Waals surface area contributed by atoms with Gasteiger partial charge in [-0.25, -0.2) is 4.98 Å². The van der Waals surface area contributed by atoms with Crippen molar-refractivity contribution in [1.82, 2.24) is 4.98 Å². The predicted octanol–water partition coefficient (Wildman–Crippen LogP) is 4.21. The lowest BCUT2D eigenvalue weighted by atomic mass is 10.1. The van der Waals surface area contributed by atoms with Crippen LogP contribution in [0.15, 0.2) is 53.0 Å². The Morgan fingerprint density at radius 1 is 1.21 bits per heavy atom. The first-order chi connectivity index (χ1) is 11.7. The summed E-state index contributed by atoms with van der Waals surface area (Å²) in [5, 5.41) is 1.03. The van der Waals surface area contributed by atoms with E-state index >= 15 is 0 Å². The highest BCUT2D eigenvalue weighted by Gasteiger charge is 2.28. The second-order valence-electron chi connectivity index (χ2n) is 5.72. The number of amides is 1. The summed E-state index contributed by atoms with van der Waals surface area (Å²) in [6.07, 6.45) is 0.815. The normalized spacial score (nSPS) is 13.2. The number of hydrogen-bond acceptors (Lipinski definition) is 3. The van der Waals surface area contributed by atoms with Crippen LogP contribution < -0.4 is 9.64 Å². The van der Waals surface area contributed by atoms with E-state index in [2.05, 4.69) is 22.0 Å². The van der Waals surface area contributed by atoms with E-state index in [1.807, 2.05) is 42.5 Å². The summed E-state index contributed by atoms with van der Waals surface area (Å²) >= 11 is 3.42. The zero-order valence-corrected chi connectivity index (χ0v) is 14.7. The highest BCUT2D eigenvalue weighted by molar-refractivity contribution is 9.10. The number of halogens is 1. The van der Waals surface area contributed by atoms with Crippen molar-refractivity contribution in [2.75, 3.05) is 18.6 Å². The number of fused-ring (bicyclic) bond motifs is 2. The molecule has 4 rings (SSSR count). The van der Waals surface area contributed by atoms with Gasteiger partial charge in [-0.15, -0.1) is 0 Å². The topological polar surface area (TPSA) is 42.4 Å². The summed E-state index contributed by atoms with van der Waals surface area (Å²) in [4.78, 5) is 19.4. The summed E-state index contributed by atoms with van der Waals surface area (Å²) in [7, 11) is 1.63. The number of nitrogens with zero attached hydrogens (tertiary/aromatic N) is 2. The van der Waals surface area contributed by atoms with E-state index in [0.29, 0.717) is 12.1 Å². The Balaban J connectivity index is 1.80. The van der Waals surface area contributed by atoms with Crippen LogP contribution in [0.25, 0.3) is 10.9 Å². The van der Waals surface area contributed by atoms with Crippen LogP contribution in [0.3, 0.4) is 0 Å². The molecule has 0 saturated heterocycles. The molecular formula is C19H15BrN2O2. The lowest BCUT2D eigenvalue weighted by Gasteiger charge is -2.17. The molecule has 4 nitrogen and oxygen atoms in total. The minimum atomic E-state index is -0.0307. The van der Waals surface area contributed by atoms with Gasteiger partial charge in [0.05, 0.1) is 7.11 Å². The summed E-state index contributed by atoms with van der Waals surface area (Å²) in [6.45, 7) is 0.645.